The number of hydrogen-bond donors (Lipinski definition) is 2. The summed E-state index contributed by atoms with van der Waals surface area (Å²) < 4.78 is 0. The Morgan fingerprint density at radius 3 is 2.67 bits per heavy atom. The lowest BCUT2D eigenvalue weighted by Crippen LogP contribution is -2.62. The van der Waals surface area contributed by atoms with Gasteiger partial charge in [0, 0.05) is 5.54 Å². The lowest BCUT2D eigenvalue weighted by atomic mass is 9.45. The van der Waals surface area contributed by atoms with Crippen molar-refractivity contribution in [3.8, 4) is 0 Å². The Morgan fingerprint density at radius 2 is 1.81 bits per heavy atom. The van der Waals surface area contributed by atoms with E-state index < -0.39 is 0 Å². The Kier molecular flexibility index (Phi) is 3.43. The molecule has 2 N–H and O–H groups in total. The largest absolute Gasteiger partial charge is 0.393 e. The van der Waals surface area contributed by atoms with E-state index in [-0.39, 0.29) is 6.10 Å². The predicted molar refractivity (Wildman–Crippen MR) is 86.0 cm³/mol. The topological polar surface area (TPSA) is 32.3 Å². The SMILES string of the molecule is C[C@]12CC[C@H](O)C[C@@H]1CC[C@@H]1[C@@H]2CC[C@@]2(C)NCCC[C@@H]12. The number of hydrogen-bond acceptors (Lipinski definition) is 2. The molecule has 0 aromatic carbocycles. The summed E-state index contributed by atoms with van der Waals surface area (Å²) in [7, 11) is 0. The third kappa shape index (κ3) is 2.12. The average molecular weight is 291 g/mol. The van der Waals surface area contributed by atoms with Crippen molar-refractivity contribution in [1.29, 1.82) is 0 Å². The van der Waals surface area contributed by atoms with Crippen molar-refractivity contribution in [2.45, 2.75) is 83.3 Å². The maximum absolute atomic E-state index is 10.1. The van der Waals surface area contributed by atoms with Crippen LogP contribution in [-0.2, 0) is 0 Å². The molecule has 4 fully saturated rings. The van der Waals surface area contributed by atoms with Gasteiger partial charge in [0.1, 0.15) is 0 Å². The van der Waals surface area contributed by atoms with Crippen LogP contribution in [0.5, 0.6) is 0 Å². The summed E-state index contributed by atoms with van der Waals surface area (Å²) in [4.78, 5) is 0. The number of rotatable bonds is 0. The minimum atomic E-state index is -0.00942. The molecule has 0 aromatic rings. The lowest BCUT2D eigenvalue weighted by molar-refractivity contribution is -0.122. The highest BCUT2D eigenvalue weighted by molar-refractivity contribution is 5.09. The smallest absolute Gasteiger partial charge is 0.0543 e. The van der Waals surface area contributed by atoms with Gasteiger partial charge in [-0.1, -0.05) is 6.92 Å². The van der Waals surface area contributed by atoms with Crippen molar-refractivity contribution < 1.29 is 5.11 Å². The molecule has 4 rings (SSSR count). The molecule has 0 bridgehead atoms. The van der Waals surface area contributed by atoms with Gasteiger partial charge in [-0.3, -0.25) is 0 Å². The molecule has 3 saturated carbocycles. The second kappa shape index (κ2) is 4.96. The van der Waals surface area contributed by atoms with Crippen LogP contribution in [0.2, 0.25) is 0 Å². The lowest BCUT2D eigenvalue weighted by Gasteiger charge is -2.62. The van der Waals surface area contributed by atoms with Crippen molar-refractivity contribution in [1.82, 2.24) is 5.32 Å². The summed E-state index contributed by atoms with van der Waals surface area (Å²) in [6.45, 7) is 6.32. The summed E-state index contributed by atoms with van der Waals surface area (Å²) >= 11 is 0. The van der Waals surface area contributed by atoms with E-state index in [1.54, 1.807) is 0 Å². The van der Waals surface area contributed by atoms with Crippen LogP contribution in [-0.4, -0.2) is 23.3 Å². The Balaban J connectivity index is 1.61. The Labute approximate surface area is 130 Å². The fraction of sp³-hybridized carbons (Fsp3) is 1.00. The molecular weight excluding hydrogens is 258 g/mol. The van der Waals surface area contributed by atoms with E-state index in [1.807, 2.05) is 0 Å². The van der Waals surface area contributed by atoms with Crippen molar-refractivity contribution in [3.05, 3.63) is 0 Å². The van der Waals surface area contributed by atoms with E-state index in [9.17, 15) is 5.11 Å². The van der Waals surface area contributed by atoms with Crippen molar-refractivity contribution >= 4 is 0 Å². The zero-order valence-corrected chi connectivity index (χ0v) is 13.9. The number of nitrogens with one attached hydrogen (secondary N) is 1. The molecule has 1 heterocycles. The first-order valence-corrected chi connectivity index (χ1v) is 9.46. The van der Waals surface area contributed by atoms with E-state index in [0.29, 0.717) is 11.0 Å². The highest BCUT2D eigenvalue weighted by Gasteiger charge is 2.57. The Morgan fingerprint density at radius 1 is 0.952 bits per heavy atom. The van der Waals surface area contributed by atoms with Gasteiger partial charge in [-0.25, -0.2) is 0 Å². The molecule has 0 aromatic heterocycles. The molecule has 2 nitrogen and oxygen atoms in total. The van der Waals surface area contributed by atoms with Crippen LogP contribution >= 0.6 is 0 Å². The molecule has 0 amide bonds. The molecule has 0 spiro atoms. The van der Waals surface area contributed by atoms with Gasteiger partial charge in [0.05, 0.1) is 6.10 Å². The van der Waals surface area contributed by atoms with Gasteiger partial charge >= 0.3 is 0 Å². The summed E-state index contributed by atoms with van der Waals surface area (Å²) in [6, 6.07) is 0. The number of aliphatic hydroxyl groups excluding tert-OH is 1. The van der Waals surface area contributed by atoms with E-state index in [1.165, 1.54) is 51.5 Å². The van der Waals surface area contributed by atoms with Crippen LogP contribution < -0.4 is 5.32 Å². The summed E-state index contributed by atoms with van der Waals surface area (Å²) in [5, 5.41) is 14.0. The fourth-order valence-electron chi connectivity index (χ4n) is 7.00. The third-order valence-electron chi connectivity index (χ3n) is 8.25. The predicted octanol–water partition coefficient (Wildman–Crippen LogP) is 3.73. The normalized spacial score (nSPS) is 57.0. The van der Waals surface area contributed by atoms with Crippen LogP contribution in [0.25, 0.3) is 0 Å². The molecule has 4 aliphatic rings. The molecule has 120 valence electrons. The molecule has 0 radical (unpaired) electrons. The second-order valence-electron chi connectivity index (χ2n) is 9.11. The van der Waals surface area contributed by atoms with E-state index >= 15 is 0 Å². The third-order valence-corrected chi connectivity index (χ3v) is 8.25. The fourth-order valence-corrected chi connectivity index (χ4v) is 7.00. The first kappa shape index (κ1) is 14.5. The van der Waals surface area contributed by atoms with Gasteiger partial charge in [0.25, 0.3) is 0 Å². The van der Waals surface area contributed by atoms with Gasteiger partial charge in [-0.15, -0.1) is 0 Å². The van der Waals surface area contributed by atoms with Crippen molar-refractivity contribution in [2.75, 3.05) is 6.54 Å². The van der Waals surface area contributed by atoms with E-state index in [4.69, 9.17) is 0 Å². The zero-order valence-electron chi connectivity index (χ0n) is 13.9. The van der Waals surface area contributed by atoms with Gasteiger partial charge in [-0.05, 0) is 100 Å². The maximum Gasteiger partial charge on any atom is 0.0543 e. The standard InChI is InChI=1S/C19H33NO/c1-18-9-7-14(21)12-13(18)5-6-15-16(18)8-10-19(2)17(15)4-3-11-20-19/h13-17,20-21H,3-12H2,1-2H3/t13-,14-,15+,16-,17-,18-,19+/m0/s1. The van der Waals surface area contributed by atoms with Crippen molar-refractivity contribution in [3.63, 3.8) is 0 Å². The van der Waals surface area contributed by atoms with Crippen LogP contribution in [0.15, 0.2) is 0 Å². The second-order valence-corrected chi connectivity index (χ2v) is 9.11. The number of fused-ring (bicyclic) bond motifs is 5. The minimum absolute atomic E-state index is 0.00942. The van der Waals surface area contributed by atoms with Crippen LogP contribution in [0, 0.1) is 29.1 Å². The van der Waals surface area contributed by atoms with Gasteiger partial charge in [0.15, 0.2) is 0 Å². The van der Waals surface area contributed by atoms with Crippen LogP contribution in [0.4, 0.5) is 0 Å². The van der Waals surface area contributed by atoms with Gasteiger partial charge in [0.2, 0.25) is 0 Å². The highest BCUT2D eigenvalue weighted by Crippen LogP contribution is 2.62. The molecule has 0 unspecified atom stereocenters. The van der Waals surface area contributed by atoms with Crippen LogP contribution in [0.3, 0.4) is 0 Å². The Hall–Kier alpha value is -0.0800. The highest BCUT2D eigenvalue weighted by atomic mass is 16.3. The number of aliphatic hydroxyl groups is 1. The molecular formula is C19H33NO. The first-order chi connectivity index (χ1) is 10.0. The molecule has 3 aliphatic carbocycles. The van der Waals surface area contributed by atoms with Gasteiger partial charge in [-0.2, -0.15) is 0 Å². The monoisotopic (exact) mass is 291 g/mol. The quantitative estimate of drug-likeness (QED) is 0.713. The molecule has 21 heavy (non-hydrogen) atoms. The molecule has 1 aliphatic heterocycles. The average Bonchev–Trinajstić information content (AvgIpc) is 2.47. The molecule has 7 atom stereocenters. The first-order valence-electron chi connectivity index (χ1n) is 9.46. The molecule has 2 heteroatoms. The summed E-state index contributed by atoms with van der Waals surface area (Å²) in [6.07, 6.45) is 11.8. The Bertz CT molecular complexity index is 410. The van der Waals surface area contributed by atoms with E-state index in [0.717, 1.165) is 36.5 Å². The summed E-state index contributed by atoms with van der Waals surface area (Å²) in [5.74, 6) is 3.59. The van der Waals surface area contributed by atoms with E-state index in [2.05, 4.69) is 19.2 Å². The maximum atomic E-state index is 10.1. The zero-order chi connectivity index (χ0) is 14.7. The van der Waals surface area contributed by atoms with Gasteiger partial charge < -0.3 is 10.4 Å². The number of piperidine rings is 1. The van der Waals surface area contributed by atoms with Crippen LogP contribution in [0.1, 0.15) is 71.6 Å². The molecule has 1 saturated heterocycles. The van der Waals surface area contributed by atoms with Crippen molar-refractivity contribution in [2.24, 2.45) is 29.1 Å². The summed E-state index contributed by atoms with van der Waals surface area (Å²) in [5.41, 5.74) is 0.956. The minimum Gasteiger partial charge on any atom is -0.393 e.